The van der Waals surface area contributed by atoms with Crippen LogP contribution >= 0.6 is 11.6 Å². The molecule has 0 fully saturated rings. The fourth-order valence-corrected chi connectivity index (χ4v) is 4.08. The Kier molecular flexibility index (Phi) is 9.22. The van der Waals surface area contributed by atoms with Gasteiger partial charge >= 0.3 is 0 Å². The van der Waals surface area contributed by atoms with Crippen LogP contribution in [-0.2, 0) is 9.59 Å². The molecule has 0 aliphatic rings. The second-order valence-electron chi connectivity index (χ2n) is 9.35. The number of methoxy groups -OCH3 is 1. The molecule has 0 saturated carbocycles. The molecule has 0 unspecified atom stereocenters. The third kappa shape index (κ3) is 7.61. The zero-order chi connectivity index (χ0) is 27.8. The maximum absolute atomic E-state index is 13.2. The van der Waals surface area contributed by atoms with Crippen molar-refractivity contribution in [3.63, 3.8) is 0 Å². The Morgan fingerprint density at radius 3 is 2.28 bits per heavy atom. The van der Waals surface area contributed by atoms with E-state index in [0.717, 1.165) is 11.3 Å². The van der Waals surface area contributed by atoms with Gasteiger partial charge in [-0.2, -0.15) is 5.10 Å². The van der Waals surface area contributed by atoms with Crippen molar-refractivity contribution in [3.8, 4) is 28.4 Å². The molecule has 0 bridgehead atoms. The molecule has 9 heteroatoms. The van der Waals surface area contributed by atoms with Crippen molar-refractivity contribution in [3.05, 3.63) is 90.0 Å². The molecular weight excluding hydrogens is 516 g/mol. The van der Waals surface area contributed by atoms with E-state index < -0.39 is 0 Å². The molecule has 4 rings (SSSR count). The normalized spacial score (nSPS) is 10.8. The summed E-state index contributed by atoms with van der Waals surface area (Å²) in [5, 5.41) is 8.27. The van der Waals surface area contributed by atoms with Gasteiger partial charge in [-0.3, -0.25) is 9.59 Å². The first-order chi connectivity index (χ1) is 18.8. The molecule has 8 nitrogen and oxygen atoms in total. The Balaban J connectivity index is 1.52. The number of amides is 2. The molecule has 3 aromatic carbocycles. The largest absolute Gasteiger partial charge is 0.497 e. The highest BCUT2D eigenvalue weighted by atomic mass is 35.5. The quantitative estimate of drug-likeness (QED) is 0.261. The molecule has 1 heterocycles. The second kappa shape index (κ2) is 13.0. The molecule has 202 valence electrons. The summed E-state index contributed by atoms with van der Waals surface area (Å²) in [6.07, 6.45) is 0. The van der Waals surface area contributed by atoms with Crippen LogP contribution in [0.5, 0.6) is 11.5 Å². The van der Waals surface area contributed by atoms with Gasteiger partial charge < -0.3 is 19.7 Å². The van der Waals surface area contributed by atoms with Crippen LogP contribution < -0.4 is 14.8 Å². The van der Waals surface area contributed by atoms with Crippen LogP contribution in [0.3, 0.4) is 0 Å². The van der Waals surface area contributed by atoms with Crippen molar-refractivity contribution < 1.29 is 19.1 Å². The molecule has 0 atom stereocenters. The van der Waals surface area contributed by atoms with Crippen molar-refractivity contribution in [2.24, 2.45) is 5.92 Å². The van der Waals surface area contributed by atoms with E-state index in [1.54, 1.807) is 36.1 Å². The smallest absolute Gasteiger partial charge is 0.260 e. The molecule has 1 N–H and O–H groups in total. The van der Waals surface area contributed by atoms with Gasteiger partial charge in [0, 0.05) is 23.2 Å². The Labute approximate surface area is 233 Å². The van der Waals surface area contributed by atoms with Gasteiger partial charge in [-0.1, -0.05) is 55.8 Å². The lowest BCUT2D eigenvalue weighted by Gasteiger charge is -2.24. The number of aromatic nitrogens is 2. The second-order valence-corrected chi connectivity index (χ2v) is 9.79. The highest BCUT2D eigenvalue weighted by Gasteiger charge is 2.21. The van der Waals surface area contributed by atoms with Gasteiger partial charge in [0.05, 0.1) is 18.5 Å². The van der Waals surface area contributed by atoms with E-state index in [1.807, 2.05) is 74.5 Å². The average molecular weight is 547 g/mol. The Bertz CT molecular complexity index is 1390. The van der Waals surface area contributed by atoms with E-state index >= 15 is 0 Å². The van der Waals surface area contributed by atoms with Crippen LogP contribution in [0.1, 0.15) is 13.8 Å². The predicted octanol–water partition coefficient (Wildman–Crippen LogP) is 5.70. The van der Waals surface area contributed by atoms with Gasteiger partial charge in [0.1, 0.15) is 23.9 Å². The van der Waals surface area contributed by atoms with E-state index in [2.05, 4.69) is 5.32 Å². The first kappa shape index (κ1) is 27.7. The van der Waals surface area contributed by atoms with E-state index in [9.17, 15) is 9.59 Å². The maximum atomic E-state index is 13.2. The predicted molar refractivity (Wildman–Crippen MR) is 153 cm³/mol. The summed E-state index contributed by atoms with van der Waals surface area (Å²) in [6.45, 7) is 4.06. The Morgan fingerprint density at radius 1 is 0.974 bits per heavy atom. The fourth-order valence-electron chi connectivity index (χ4n) is 3.96. The average Bonchev–Trinajstić information content (AvgIpc) is 3.36. The summed E-state index contributed by atoms with van der Waals surface area (Å²) >= 11 is 5.92. The molecule has 0 aliphatic heterocycles. The number of carbonyl (C=O) groups excluding carboxylic acids is 2. The number of hydrogen-bond acceptors (Lipinski definition) is 5. The van der Waals surface area contributed by atoms with Crippen molar-refractivity contribution in [2.45, 2.75) is 13.8 Å². The summed E-state index contributed by atoms with van der Waals surface area (Å²) in [5.41, 5.74) is 2.36. The van der Waals surface area contributed by atoms with Crippen molar-refractivity contribution in [1.82, 2.24) is 14.7 Å². The number of halogens is 1. The highest BCUT2D eigenvalue weighted by Crippen LogP contribution is 2.26. The van der Waals surface area contributed by atoms with Crippen LogP contribution in [0.4, 0.5) is 5.82 Å². The van der Waals surface area contributed by atoms with E-state index in [0.29, 0.717) is 34.6 Å². The lowest BCUT2D eigenvalue weighted by Crippen LogP contribution is -2.42. The number of ether oxygens (including phenoxy) is 2. The number of carbonyl (C=O) groups is 2. The highest BCUT2D eigenvalue weighted by molar-refractivity contribution is 6.30. The fraction of sp³-hybridized carbons (Fsp3) is 0.233. The molecule has 0 spiro atoms. The zero-order valence-electron chi connectivity index (χ0n) is 22.1. The third-order valence-electron chi connectivity index (χ3n) is 5.81. The first-order valence-electron chi connectivity index (χ1n) is 12.6. The van der Waals surface area contributed by atoms with Crippen LogP contribution in [-0.4, -0.2) is 53.3 Å². The maximum Gasteiger partial charge on any atom is 0.260 e. The van der Waals surface area contributed by atoms with Crippen molar-refractivity contribution >= 4 is 29.2 Å². The van der Waals surface area contributed by atoms with Crippen molar-refractivity contribution in [1.29, 1.82) is 0 Å². The Morgan fingerprint density at radius 2 is 1.64 bits per heavy atom. The SMILES string of the molecule is COc1ccc(-n2nc(-c3ccccc3)cc2NC(=O)CN(CC(C)C)C(=O)COc2ccc(Cl)cc2)cc1. The molecule has 1 aromatic heterocycles. The minimum atomic E-state index is -0.343. The van der Waals surface area contributed by atoms with E-state index in [1.165, 1.54) is 4.90 Å². The lowest BCUT2D eigenvalue weighted by atomic mass is 10.1. The summed E-state index contributed by atoms with van der Waals surface area (Å²) in [4.78, 5) is 27.7. The van der Waals surface area contributed by atoms with Gasteiger partial charge in [0.15, 0.2) is 6.61 Å². The first-order valence-corrected chi connectivity index (χ1v) is 13.0. The minimum absolute atomic E-state index is 0.130. The van der Waals surface area contributed by atoms with Crippen LogP contribution in [0.2, 0.25) is 5.02 Å². The molecular formula is C30H31ClN4O4. The molecule has 0 radical (unpaired) electrons. The third-order valence-corrected chi connectivity index (χ3v) is 6.06. The van der Waals surface area contributed by atoms with Crippen LogP contribution in [0, 0.1) is 5.92 Å². The molecule has 2 amide bonds. The van der Waals surface area contributed by atoms with Crippen LogP contribution in [0.25, 0.3) is 16.9 Å². The van der Waals surface area contributed by atoms with E-state index in [-0.39, 0.29) is 30.9 Å². The topological polar surface area (TPSA) is 85.7 Å². The van der Waals surface area contributed by atoms with Gasteiger partial charge in [-0.25, -0.2) is 4.68 Å². The molecule has 0 saturated heterocycles. The number of hydrogen-bond donors (Lipinski definition) is 1. The summed E-state index contributed by atoms with van der Waals surface area (Å²) in [5.74, 6) is 1.25. The van der Waals surface area contributed by atoms with Gasteiger partial charge in [0.25, 0.3) is 5.91 Å². The van der Waals surface area contributed by atoms with Gasteiger partial charge in [-0.05, 0) is 54.4 Å². The summed E-state index contributed by atoms with van der Waals surface area (Å²) < 4.78 is 12.6. The summed E-state index contributed by atoms with van der Waals surface area (Å²) in [7, 11) is 1.60. The van der Waals surface area contributed by atoms with Gasteiger partial charge in [-0.15, -0.1) is 0 Å². The lowest BCUT2D eigenvalue weighted by molar-refractivity contribution is -0.137. The number of nitrogens with one attached hydrogen (secondary N) is 1. The zero-order valence-corrected chi connectivity index (χ0v) is 22.9. The van der Waals surface area contributed by atoms with E-state index in [4.69, 9.17) is 26.2 Å². The molecule has 39 heavy (non-hydrogen) atoms. The van der Waals surface area contributed by atoms with Crippen molar-refractivity contribution in [2.75, 3.05) is 32.1 Å². The minimum Gasteiger partial charge on any atom is -0.497 e. The summed E-state index contributed by atoms with van der Waals surface area (Å²) in [6, 6.07) is 25.7. The van der Waals surface area contributed by atoms with Crippen LogP contribution in [0.15, 0.2) is 84.9 Å². The standard InChI is InChI=1S/C30H31ClN4O4/c1-21(2)18-34(30(37)20-39-26-13-9-23(31)10-14-26)19-29(36)32-28-17-27(22-7-5-4-6-8-22)33-35(28)24-11-15-25(38-3)16-12-24/h4-17,21H,18-20H2,1-3H3,(H,32,36). The number of anilines is 1. The molecule has 0 aliphatic carbocycles. The number of nitrogens with zero attached hydrogens (tertiary/aromatic N) is 3. The number of rotatable bonds is 11. The number of benzene rings is 3. The molecule has 4 aromatic rings. The van der Waals surface area contributed by atoms with Gasteiger partial charge in [0.2, 0.25) is 5.91 Å². The Hall–Kier alpha value is -4.30. The monoisotopic (exact) mass is 546 g/mol.